The van der Waals surface area contributed by atoms with Crippen LogP contribution in [0.4, 0.5) is 5.69 Å². The largest absolute Gasteiger partial charge is 0.481 e. The van der Waals surface area contributed by atoms with E-state index >= 15 is 0 Å². The zero-order valence-corrected chi connectivity index (χ0v) is 11.6. The van der Waals surface area contributed by atoms with Gasteiger partial charge in [0, 0.05) is 18.3 Å². The van der Waals surface area contributed by atoms with Crippen molar-refractivity contribution in [1.82, 2.24) is 0 Å². The molecule has 0 heterocycles. The highest BCUT2D eigenvalue weighted by atomic mass is 16.4. The molecular formula is C16H19NO2. The van der Waals surface area contributed by atoms with E-state index in [1.165, 1.54) is 5.39 Å². The molecule has 0 atom stereocenters. The first kappa shape index (κ1) is 13.4. The van der Waals surface area contributed by atoms with Crippen molar-refractivity contribution in [1.29, 1.82) is 0 Å². The highest BCUT2D eigenvalue weighted by Gasteiger charge is 2.27. The van der Waals surface area contributed by atoms with E-state index in [-0.39, 0.29) is 6.42 Å². The first-order valence-electron chi connectivity index (χ1n) is 6.34. The van der Waals surface area contributed by atoms with Gasteiger partial charge in [-0.25, -0.2) is 0 Å². The van der Waals surface area contributed by atoms with Gasteiger partial charge in [0.05, 0.1) is 6.42 Å². The first-order chi connectivity index (χ1) is 8.90. The fraction of sp³-hybridized carbons (Fsp3) is 0.312. The molecule has 0 amide bonds. The van der Waals surface area contributed by atoms with Crippen LogP contribution in [0.2, 0.25) is 0 Å². The average Bonchev–Trinajstić information content (AvgIpc) is 2.35. The van der Waals surface area contributed by atoms with Crippen molar-refractivity contribution in [3.8, 4) is 0 Å². The molecule has 3 nitrogen and oxygen atoms in total. The molecule has 19 heavy (non-hydrogen) atoms. The maximum absolute atomic E-state index is 10.9. The Morgan fingerprint density at radius 1 is 1.16 bits per heavy atom. The van der Waals surface area contributed by atoms with E-state index in [4.69, 9.17) is 5.11 Å². The number of carbonyl (C=O) groups is 1. The lowest BCUT2D eigenvalue weighted by Crippen LogP contribution is -2.43. The van der Waals surface area contributed by atoms with Crippen LogP contribution in [0, 0.1) is 0 Å². The minimum absolute atomic E-state index is 0.107. The summed E-state index contributed by atoms with van der Waals surface area (Å²) in [6, 6.07) is 14.4. The van der Waals surface area contributed by atoms with Gasteiger partial charge in [0.15, 0.2) is 0 Å². The van der Waals surface area contributed by atoms with Crippen molar-refractivity contribution in [2.45, 2.75) is 25.8 Å². The van der Waals surface area contributed by atoms with E-state index in [0.29, 0.717) is 0 Å². The minimum Gasteiger partial charge on any atom is -0.481 e. The van der Waals surface area contributed by atoms with Crippen LogP contribution >= 0.6 is 0 Å². The molecule has 2 rings (SSSR count). The third-order valence-electron chi connectivity index (χ3n) is 3.61. The van der Waals surface area contributed by atoms with Crippen molar-refractivity contribution in [2.24, 2.45) is 0 Å². The Hall–Kier alpha value is -2.03. The molecule has 0 aromatic heterocycles. The Morgan fingerprint density at radius 3 is 2.42 bits per heavy atom. The molecule has 0 aliphatic heterocycles. The standard InChI is InChI=1S/C16H19NO2/c1-16(2,11-15(18)19)17(3)14-9-8-12-6-4-5-7-13(12)10-14/h4-10H,11H2,1-3H3,(H,18,19). The number of carboxylic acid groups (broad SMARTS) is 1. The normalized spacial score (nSPS) is 11.5. The van der Waals surface area contributed by atoms with Gasteiger partial charge >= 0.3 is 5.97 Å². The maximum atomic E-state index is 10.9. The van der Waals surface area contributed by atoms with Gasteiger partial charge in [-0.3, -0.25) is 4.79 Å². The summed E-state index contributed by atoms with van der Waals surface area (Å²) in [6.45, 7) is 3.88. The second-order valence-corrected chi connectivity index (χ2v) is 5.47. The van der Waals surface area contributed by atoms with Gasteiger partial charge in [0.2, 0.25) is 0 Å². The molecule has 100 valence electrons. The van der Waals surface area contributed by atoms with E-state index in [9.17, 15) is 4.79 Å². The lowest BCUT2D eigenvalue weighted by Gasteiger charge is -2.36. The van der Waals surface area contributed by atoms with Crippen LogP contribution in [0.25, 0.3) is 10.8 Å². The summed E-state index contributed by atoms with van der Waals surface area (Å²) in [5.41, 5.74) is 0.610. The summed E-state index contributed by atoms with van der Waals surface area (Å²) >= 11 is 0. The van der Waals surface area contributed by atoms with Crippen LogP contribution in [0.5, 0.6) is 0 Å². The molecule has 2 aromatic carbocycles. The Bertz CT molecular complexity index is 604. The van der Waals surface area contributed by atoms with Crippen LogP contribution < -0.4 is 4.90 Å². The number of anilines is 1. The van der Waals surface area contributed by atoms with Crippen molar-refractivity contribution in [3.63, 3.8) is 0 Å². The number of hydrogen-bond acceptors (Lipinski definition) is 2. The maximum Gasteiger partial charge on any atom is 0.305 e. The number of aliphatic carboxylic acids is 1. The van der Waals surface area contributed by atoms with E-state index < -0.39 is 11.5 Å². The van der Waals surface area contributed by atoms with E-state index in [1.54, 1.807) is 0 Å². The summed E-state index contributed by atoms with van der Waals surface area (Å²) in [5, 5.41) is 11.3. The third kappa shape index (κ3) is 2.87. The molecule has 0 saturated carbocycles. The molecule has 0 fully saturated rings. The monoisotopic (exact) mass is 257 g/mol. The van der Waals surface area contributed by atoms with Crippen LogP contribution in [-0.4, -0.2) is 23.7 Å². The van der Waals surface area contributed by atoms with Gasteiger partial charge in [-0.1, -0.05) is 30.3 Å². The predicted molar refractivity (Wildman–Crippen MR) is 78.7 cm³/mol. The summed E-state index contributed by atoms with van der Waals surface area (Å²) in [4.78, 5) is 13.0. The zero-order valence-electron chi connectivity index (χ0n) is 11.6. The third-order valence-corrected chi connectivity index (χ3v) is 3.61. The second-order valence-electron chi connectivity index (χ2n) is 5.47. The summed E-state index contributed by atoms with van der Waals surface area (Å²) in [6.07, 6.45) is 0.107. The SMILES string of the molecule is CN(c1ccc2ccccc2c1)C(C)(C)CC(=O)O. The van der Waals surface area contributed by atoms with Crippen molar-refractivity contribution >= 4 is 22.4 Å². The highest BCUT2D eigenvalue weighted by Crippen LogP contribution is 2.28. The van der Waals surface area contributed by atoms with Gasteiger partial charge in [-0.2, -0.15) is 0 Å². The zero-order chi connectivity index (χ0) is 14.0. The molecule has 0 radical (unpaired) electrons. The minimum atomic E-state index is -0.780. The molecule has 3 heteroatoms. The van der Waals surface area contributed by atoms with Crippen LogP contribution in [0.3, 0.4) is 0 Å². The molecule has 1 N–H and O–H groups in total. The topological polar surface area (TPSA) is 40.5 Å². The lowest BCUT2D eigenvalue weighted by atomic mass is 9.97. The molecule has 2 aromatic rings. The number of benzene rings is 2. The predicted octanol–water partition coefficient (Wildman–Crippen LogP) is 3.53. The average molecular weight is 257 g/mol. The quantitative estimate of drug-likeness (QED) is 0.911. The number of nitrogens with zero attached hydrogens (tertiary/aromatic N) is 1. The van der Waals surface area contributed by atoms with Crippen LogP contribution in [-0.2, 0) is 4.79 Å². The van der Waals surface area contributed by atoms with Crippen molar-refractivity contribution in [3.05, 3.63) is 42.5 Å². The summed E-state index contributed by atoms with van der Waals surface area (Å²) in [5.74, 6) is -0.780. The Morgan fingerprint density at radius 2 is 1.79 bits per heavy atom. The van der Waals surface area contributed by atoms with E-state index in [1.807, 2.05) is 44.0 Å². The Labute approximate surface area is 113 Å². The number of carboxylic acids is 1. The van der Waals surface area contributed by atoms with E-state index in [0.717, 1.165) is 11.1 Å². The molecule has 0 bridgehead atoms. The molecule has 0 aliphatic carbocycles. The molecule has 0 aliphatic rings. The Balaban J connectivity index is 2.35. The molecule has 0 saturated heterocycles. The lowest BCUT2D eigenvalue weighted by molar-refractivity contribution is -0.138. The number of hydrogen-bond donors (Lipinski definition) is 1. The number of fused-ring (bicyclic) bond motifs is 1. The summed E-state index contributed by atoms with van der Waals surface area (Å²) < 4.78 is 0. The van der Waals surface area contributed by atoms with Crippen LogP contribution in [0.1, 0.15) is 20.3 Å². The molecular weight excluding hydrogens is 238 g/mol. The first-order valence-corrected chi connectivity index (χ1v) is 6.34. The number of rotatable bonds is 4. The molecule has 0 spiro atoms. The van der Waals surface area contributed by atoms with Gasteiger partial charge in [0.1, 0.15) is 0 Å². The smallest absolute Gasteiger partial charge is 0.305 e. The van der Waals surface area contributed by atoms with Crippen molar-refractivity contribution < 1.29 is 9.90 Å². The van der Waals surface area contributed by atoms with Gasteiger partial charge in [-0.05, 0) is 36.8 Å². The highest BCUT2D eigenvalue weighted by molar-refractivity contribution is 5.86. The van der Waals surface area contributed by atoms with Crippen molar-refractivity contribution in [2.75, 3.05) is 11.9 Å². The Kier molecular flexibility index (Phi) is 3.47. The summed E-state index contributed by atoms with van der Waals surface area (Å²) in [7, 11) is 1.94. The van der Waals surface area contributed by atoms with Gasteiger partial charge in [-0.15, -0.1) is 0 Å². The van der Waals surface area contributed by atoms with Crippen LogP contribution in [0.15, 0.2) is 42.5 Å². The van der Waals surface area contributed by atoms with E-state index in [2.05, 4.69) is 24.3 Å². The molecule has 0 unspecified atom stereocenters. The van der Waals surface area contributed by atoms with Gasteiger partial charge < -0.3 is 10.0 Å². The second kappa shape index (κ2) is 4.92. The fourth-order valence-corrected chi connectivity index (χ4v) is 2.22. The van der Waals surface area contributed by atoms with Gasteiger partial charge in [0.25, 0.3) is 0 Å². The fourth-order valence-electron chi connectivity index (χ4n) is 2.22.